The lowest BCUT2D eigenvalue weighted by molar-refractivity contribution is 0.0626. The summed E-state index contributed by atoms with van der Waals surface area (Å²) >= 11 is 0. The third-order valence-electron chi connectivity index (χ3n) is 5.03. The van der Waals surface area contributed by atoms with Crippen LogP contribution in [0.25, 0.3) is 0 Å². The maximum Gasteiger partial charge on any atom is 0.256 e. The SMILES string of the molecule is CN(C[C@@H]1CCCN(C)[C@H]1c1ccnn1C)C(=O)c1ccncc1F. The van der Waals surface area contributed by atoms with E-state index in [1.807, 2.05) is 17.8 Å². The van der Waals surface area contributed by atoms with Crippen molar-refractivity contribution in [3.05, 3.63) is 47.8 Å². The average molecular weight is 345 g/mol. The van der Waals surface area contributed by atoms with E-state index in [0.29, 0.717) is 6.54 Å². The van der Waals surface area contributed by atoms with Gasteiger partial charge in [-0.05, 0) is 44.5 Å². The van der Waals surface area contributed by atoms with Gasteiger partial charge in [-0.3, -0.25) is 19.4 Å². The van der Waals surface area contributed by atoms with Gasteiger partial charge in [-0.1, -0.05) is 0 Å². The maximum atomic E-state index is 13.9. The van der Waals surface area contributed by atoms with Crippen LogP contribution in [0.2, 0.25) is 0 Å². The first-order valence-corrected chi connectivity index (χ1v) is 8.52. The molecule has 0 spiro atoms. The molecular weight excluding hydrogens is 321 g/mol. The summed E-state index contributed by atoms with van der Waals surface area (Å²) in [6.07, 6.45) is 6.43. The Balaban J connectivity index is 1.79. The molecule has 3 heterocycles. The average Bonchev–Trinajstić information content (AvgIpc) is 3.00. The molecule has 6 nitrogen and oxygen atoms in total. The molecule has 2 aromatic rings. The molecule has 7 heteroatoms. The number of amides is 1. The van der Waals surface area contributed by atoms with Gasteiger partial charge in [-0.2, -0.15) is 5.10 Å². The van der Waals surface area contributed by atoms with Gasteiger partial charge in [0.1, 0.15) is 0 Å². The predicted molar refractivity (Wildman–Crippen MR) is 92.5 cm³/mol. The van der Waals surface area contributed by atoms with Gasteiger partial charge >= 0.3 is 0 Å². The summed E-state index contributed by atoms with van der Waals surface area (Å²) in [5, 5.41) is 4.29. The van der Waals surface area contributed by atoms with Crippen molar-refractivity contribution in [1.82, 2.24) is 24.6 Å². The number of rotatable bonds is 4. The van der Waals surface area contributed by atoms with E-state index in [2.05, 4.69) is 22.0 Å². The largest absolute Gasteiger partial charge is 0.341 e. The van der Waals surface area contributed by atoms with Crippen LogP contribution in [-0.2, 0) is 7.05 Å². The summed E-state index contributed by atoms with van der Waals surface area (Å²) in [6, 6.07) is 3.66. The number of carbonyl (C=O) groups excluding carboxylic acids is 1. The smallest absolute Gasteiger partial charge is 0.256 e. The molecule has 1 aliphatic heterocycles. The molecule has 0 radical (unpaired) electrons. The molecule has 2 aromatic heterocycles. The van der Waals surface area contributed by atoms with Crippen LogP contribution in [0.15, 0.2) is 30.7 Å². The minimum absolute atomic E-state index is 0.0683. The monoisotopic (exact) mass is 345 g/mol. The van der Waals surface area contributed by atoms with E-state index < -0.39 is 5.82 Å². The summed E-state index contributed by atoms with van der Waals surface area (Å²) in [5.41, 5.74) is 1.21. The Bertz CT molecular complexity index is 747. The highest BCUT2D eigenvalue weighted by molar-refractivity contribution is 5.94. The maximum absolute atomic E-state index is 13.9. The lowest BCUT2D eigenvalue weighted by Gasteiger charge is -2.40. The zero-order valence-corrected chi connectivity index (χ0v) is 14.9. The molecule has 3 rings (SSSR count). The molecule has 1 saturated heterocycles. The minimum atomic E-state index is -0.580. The lowest BCUT2D eigenvalue weighted by atomic mass is 9.86. The lowest BCUT2D eigenvalue weighted by Crippen LogP contribution is -2.43. The molecule has 2 atom stereocenters. The second-order valence-corrected chi connectivity index (χ2v) is 6.75. The number of carbonyl (C=O) groups is 1. The molecule has 0 aliphatic carbocycles. The van der Waals surface area contributed by atoms with E-state index >= 15 is 0 Å². The number of hydrogen-bond donors (Lipinski definition) is 0. The van der Waals surface area contributed by atoms with Gasteiger partial charge in [0.25, 0.3) is 5.91 Å². The van der Waals surface area contributed by atoms with Crippen molar-refractivity contribution in [2.45, 2.75) is 18.9 Å². The molecule has 0 saturated carbocycles. The van der Waals surface area contributed by atoms with Crippen LogP contribution in [0.4, 0.5) is 4.39 Å². The van der Waals surface area contributed by atoms with Crippen molar-refractivity contribution in [2.75, 3.05) is 27.2 Å². The van der Waals surface area contributed by atoms with Crippen molar-refractivity contribution < 1.29 is 9.18 Å². The van der Waals surface area contributed by atoms with Crippen LogP contribution in [0, 0.1) is 11.7 Å². The van der Waals surface area contributed by atoms with Crippen LogP contribution in [0.5, 0.6) is 0 Å². The predicted octanol–water partition coefficient (Wildman–Crippen LogP) is 2.11. The third-order valence-corrected chi connectivity index (χ3v) is 5.03. The first-order valence-electron chi connectivity index (χ1n) is 8.52. The molecular formula is C18H24FN5O. The fourth-order valence-corrected chi connectivity index (χ4v) is 3.78. The van der Waals surface area contributed by atoms with E-state index in [0.717, 1.165) is 31.3 Å². The summed E-state index contributed by atoms with van der Waals surface area (Å²) < 4.78 is 15.8. The molecule has 134 valence electrons. The highest BCUT2D eigenvalue weighted by Gasteiger charge is 2.34. The molecule has 0 N–H and O–H groups in total. The van der Waals surface area contributed by atoms with Gasteiger partial charge in [0.15, 0.2) is 5.82 Å². The number of hydrogen-bond acceptors (Lipinski definition) is 4. The van der Waals surface area contributed by atoms with Crippen molar-refractivity contribution in [3.63, 3.8) is 0 Å². The summed E-state index contributed by atoms with van der Waals surface area (Å²) in [4.78, 5) is 20.2. The van der Waals surface area contributed by atoms with Crippen molar-refractivity contribution in [1.29, 1.82) is 0 Å². The van der Waals surface area contributed by atoms with E-state index in [1.165, 1.54) is 12.3 Å². The minimum Gasteiger partial charge on any atom is -0.341 e. The van der Waals surface area contributed by atoms with Crippen LogP contribution in [-0.4, -0.2) is 57.7 Å². The fourth-order valence-electron chi connectivity index (χ4n) is 3.78. The van der Waals surface area contributed by atoms with Crippen LogP contribution < -0.4 is 0 Å². The second-order valence-electron chi connectivity index (χ2n) is 6.75. The number of aromatic nitrogens is 3. The Labute approximate surface area is 147 Å². The zero-order valence-electron chi connectivity index (χ0n) is 14.9. The number of likely N-dealkylation sites (tertiary alicyclic amines) is 1. The fraction of sp³-hybridized carbons (Fsp3) is 0.500. The number of nitrogens with zero attached hydrogens (tertiary/aromatic N) is 5. The van der Waals surface area contributed by atoms with E-state index in [1.54, 1.807) is 18.1 Å². The van der Waals surface area contributed by atoms with Crippen molar-refractivity contribution in [3.8, 4) is 0 Å². The van der Waals surface area contributed by atoms with Gasteiger partial charge in [0, 0.05) is 33.0 Å². The highest BCUT2D eigenvalue weighted by Crippen LogP contribution is 2.35. The van der Waals surface area contributed by atoms with Crippen LogP contribution >= 0.6 is 0 Å². The normalized spacial score (nSPS) is 21.3. The Morgan fingerprint density at radius 3 is 2.84 bits per heavy atom. The molecule has 25 heavy (non-hydrogen) atoms. The quantitative estimate of drug-likeness (QED) is 0.852. The molecule has 0 unspecified atom stereocenters. The number of piperidine rings is 1. The zero-order chi connectivity index (χ0) is 18.0. The highest BCUT2D eigenvalue weighted by atomic mass is 19.1. The van der Waals surface area contributed by atoms with Crippen molar-refractivity contribution >= 4 is 5.91 Å². The number of halogens is 1. The second kappa shape index (κ2) is 7.31. The summed E-state index contributed by atoms with van der Waals surface area (Å²) in [7, 11) is 5.78. The Morgan fingerprint density at radius 2 is 2.16 bits per heavy atom. The van der Waals surface area contributed by atoms with E-state index in [9.17, 15) is 9.18 Å². The third kappa shape index (κ3) is 3.56. The number of aryl methyl sites for hydroxylation is 1. The topological polar surface area (TPSA) is 54.3 Å². The van der Waals surface area contributed by atoms with Crippen molar-refractivity contribution in [2.24, 2.45) is 13.0 Å². The molecule has 1 aliphatic rings. The van der Waals surface area contributed by atoms with Gasteiger partial charge in [0.05, 0.1) is 23.5 Å². The summed E-state index contributed by atoms with van der Waals surface area (Å²) in [5.74, 6) is -0.617. The Morgan fingerprint density at radius 1 is 1.36 bits per heavy atom. The van der Waals surface area contributed by atoms with Crippen LogP contribution in [0.1, 0.15) is 34.9 Å². The Hall–Kier alpha value is -2.28. The first kappa shape index (κ1) is 17.5. The Kier molecular flexibility index (Phi) is 5.13. The van der Waals surface area contributed by atoms with E-state index in [-0.39, 0.29) is 23.4 Å². The van der Waals surface area contributed by atoms with Gasteiger partial charge in [0.2, 0.25) is 0 Å². The molecule has 0 aromatic carbocycles. The van der Waals surface area contributed by atoms with Gasteiger partial charge in [-0.25, -0.2) is 4.39 Å². The van der Waals surface area contributed by atoms with Crippen LogP contribution in [0.3, 0.4) is 0 Å². The first-order chi connectivity index (χ1) is 12.0. The summed E-state index contributed by atoms with van der Waals surface area (Å²) in [6.45, 7) is 1.59. The molecule has 1 amide bonds. The molecule has 0 bridgehead atoms. The van der Waals surface area contributed by atoms with Gasteiger partial charge in [-0.15, -0.1) is 0 Å². The molecule has 1 fully saturated rings. The standard InChI is InChI=1S/C18H24FN5O/c1-22-10-4-5-13(17(22)16-7-9-21-24(16)3)12-23(2)18(25)14-6-8-20-11-15(14)19/h6-9,11,13,17H,4-5,10,12H2,1-3H3/t13-,17+/m0/s1. The number of pyridine rings is 1. The van der Waals surface area contributed by atoms with E-state index in [4.69, 9.17) is 0 Å². The van der Waals surface area contributed by atoms with Gasteiger partial charge < -0.3 is 4.90 Å².